The van der Waals surface area contributed by atoms with Crippen molar-refractivity contribution in [1.82, 2.24) is 0 Å². The molecular formula is C23H19FN2O2. The van der Waals surface area contributed by atoms with Crippen molar-refractivity contribution in [2.45, 2.75) is 20.8 Å². The van der Waals surface area contributed by atoms with E-state index >= 15 is 0 Å². The lowest BCUT2D eigenvalue weighted by Gasteiger charge is -2.12. The van der Waals surface area contributed by atoms with Gasteiger partial charge in [-0.25, -0.2) is 4.39 Å². The summed E-state index contributed by atoms with van der Waals surface area (Å²) in [5, 5.41) is 12.2. The minimum absolute atomic E-state index is 0.103. The van der Waals surface area contributed by atoms with E-state index in [2.05, 4.69) is 5.32 Å². The average Bonchev–Trinajstić information content (AvgIpc) is 3.11. The van der Waals surface area contributed by atoms with Gasteiger partial charge in [-0.15, -0.1) is 0 Å². The van der Waals surface area contributed by atoms with Crippen LogP contribution < -0.4 is 5.32 Å². The molecule has 4 nitrogen and oxygen atoms in total. The second-order valence-corrected chi connectivity index (χ2v) is 6.58. The van der Waals surface area contributed by atoms with Crippen molar-refractivity contribution in [1.29, 1.82) is 5.26 Å². The lowest BCUT2D eigenvalue weighted by Crippen LogP contribution is -2.15. The fraction of sp³-hybridized carbons (Fsp3) is 0.130. The Morgan fingerprint density at radius 3 is 2.43 bits per heavy atom. The molecule has 1 amide bonds. The molecule has 2 aromatic carbocycles. The van der Waals surface area contributed by atoms with Gasteiger partial charge in [0.2, 0.25) is 0 Å². The summed E-state index contributed by atoms with van der Waals surface area (Å²) in [4.78, 5) is 12.6. The summed E-state index contributed by atoms with van der Waals surface area (Å²) in [5.74, 6) is -0.313. The van der Waals surface area contributed by atoms with E-state index in [4.69, 9.17) is 4.42 Å². The number of nitriles is 1. The molecule has 1 aromatic heterocycles. The molecule has 0 radical (unpaired) electrons. The average molecular weight is 374 g/mol. The van der Waals surface area contributed by atoms with Crippen LogP contribution in [-0.4, -0.2) is 5.91 Å². The Morgan fingerprint density at radius 1 is 1.11 bits per heavy atom. The van der Waals surface area contributed by atoms with Gasteiger partial charge in [0.05, 0.1) is 5.56 Å². The van der Waals surface area contributed by atoms with Gasteiger partial charge in [0.1, 0.15) is 29.0 Å². The molecule has 0 aliphatic heterocycles. The normalized spacial score (nSPS) is 11.2. The van der Waals surface area contributed by atoms with Crippen molar-refractivity contribution in [2.24, 2.45) is 0 Å². The zero-order valence-corrected chi connectivity index (χ0v) is 15.8. The zero-order chi connectivity index (χ0) is 20.3. The largest absolute Gasteiger partial charge is 0.457 e. The van der Waals surface area contributed by atoms with Crippen LogP contribution in [0.25, 0.3) is 17.4 Å². The van der Waals surface area contributed by atoms with Gasteiger partial charge in [-0.1, -0.05) is 29.8 Å². The highest BCUT2D eigenvalue weighted by molar-refractivity contribution is 6.10. The lowest BCUT2D eigenvalue weighted by molar-refractivity contribution is -0.112. The van der Waals surface area contributed by atoms with Gasteiger partial charge >= 0.3 is 0 Å². The van der Waals surface area contributed by atoms with E-state index in [1.54, 1.807) is 30.3 Å². The number of amides is 1. The van der Waals surface area contributed by atoms with E-state index in [9.17, 15) is 14.4 Å². The summed E-state index contributed by atoms with van der Waals surface area (Å²) in [5.41, 5.74) is 3.83. The molecule has 140 valence electrons. The molecule has 1 N–H and O–H groups in total. The SMILES string of the molecule is Cc1cc(C)c(NC(=O)/C(C#N)=C/c2ccc(-c3ccccc3F)o2)c(C)c1. The molecule has 0 saturated heterocycles. The minimum Gasteiger partial charge on any atom is -0.457 e. The molecule has 0 aliphatic carbocycles. The molecule has 5 heteroatoms. The molecule has 0 atom stereocenters. The third-order valence-electron chi connectivity index (χ3n) is 4.33. The standard InChI is InChI=1S/C23H19FN2O2/c1-14-10-15(2)22(16(3)11-14)26-23(27)17(13-25)12-18-8-9-21(28-18)19-6-4-5-7-20(19)24/h4-12H,1-3H3,(H,26,27)/b17-12+. The van der Waals surface area contributed by atoms with Gasteiger partial charge in [-0.3, -0.25) is 4.79 Å². The van der Waals surface area contributed by atoms with Gasteiger partial charge in [0.15, 0.2) is 0 Å². The number of halogens is 1. The summed E-state index contributed by atoms with van der Waals surface area (Å²) in [6, 6.07) is 15.3. The highest BCUT2D eigenvalue weighted by Crippen LogP contribution is 2.26. The van der Waals surface area contributed by atoms with Crippen LogP contribution in [0.5, 0.6) is 0 Å². The van der Waals surface area contributed by atoms with E-state index in [-0.39, 0.29) is 5.57 Å². The van der Waals surface area contributed by atoms with Crippen LogP contribution in [0.1, 0.15) is 22.5 Å². The van der Waals surface area contributed by atoms with Gasteiger partial charge < -0.3 is 9.73 Å². The van der Waals surface area contributed by atoms with Gasteiger partial charge in [0, 0.05) is 11.8 Å². The number of carbonyl (C=O) groups excluding carboxylic acids is 1. The van der Waals surface area contributed by atoms with E-state index < -0.39 is 11.7 Å². The fourth-order valence-electron chi connectivity index (χ4n) is 3.09. The van der Waals surface area contributed by atoms with Crippen LogP contribution in [0, 0.1) is 37.9 Å². The number of furan rings is 1. The number of nitrogens with one attached hydrogen (secondary N) is 1. The molecular weight excluding hydrogens is 355 g/mol. The molecule has 3 aromatic rings. The maximum atomic E-state index is 13.9. The van der Waals surface area contributed by atoms with Gasteiger partial charge in [0.25, 0.3) is 5.91 Å². The Balaban J connectivity index is 1.86. The van der Waals surface area contributed by atoms with Crippen molar-refractivity contribution < 1.29 is 13.6 Å². The van der Waals surface area contributed by atoms with Crippen molar-refractivity contribution in [3.8, 4) is 17.4 Å². The third kappa shape index (κ3) is 4.02. The molecule has 28 heavy (non-hydrogen) atoms. The van der Waals surface area contributed by atoms with Crippen molar-refractivity contribution in [2.75, 3.05) is 5.32 Å². The maximum Gasteiger partial charge on any atom is 0.266 e. The monoisotopic (exact) mass is 374 g/mol. The predicted octanol–water partition coefficient (Wildman–Crippen LogP) is 5.56. The predicted molar refractivity (Wildman–Crippen MR) is 107 cm³/mol. The Kier molecular flexibility index (Phi) is 5.42. The molecule has 0 bridgehead atoms. The molecule has 0 aliphatic rings. The Bertz CT molecular complexity index is 1100. The van der Waals surface area contributed by atoms with Crippen molar-refractivity contribution in [3.63, 3.8) is 0 Å². The first kappa shape index (κ1) is 19.1. The van der Waals surface area contributed by atoms with Gasteiger partial charge in [-0.2, -0.15) is 5.26 Å². The maximum absolute atomic E-state index is 13.9. The van der Waals surface area contributed by atoms with Crippen LogP contribution in [0.4, 0.5) is 10.1 Å². The number of hydrogen-bond acceptors (Lipinski definition) is 3. The summed E-state index contributed by atoms with van der Waals surface area (Å²) in [6.07, 6.45) is 1.35. The topological polar surface area (TPSA) is 66.0 Å². The van der Waals surface area contributed by atoms with Gasteiger partial charge in [-0.05, 0) is 56.2 Å². The molecule has 0 spiro atoms. The first-order chi connectivity index (χ1) is 13.4. The quantitative estimate of drug-likeness (QED) is 0.480. The Morgan fingerprint density at radius 2 is 1.79 bits per heavy atom. The van der Waals surface area contributed by atoms with E-state index in [0.717, 1.165) is 16.7 Å². The van der Waals surface area contributed by atoms with E-state index in [1.165, 1.54) is 12.1 Å². The third-order valence-corrected chi connectivity index (χ3v) is 4.33. The van der Waals surface area contributed by atoms with Crippen LogP contribution in [0.15, 0.2) is 58.5 Å². The van der Waals surface area contributed by atoms with Crippen LogP contribution in [0.3, 0.4) is 0 Å². The number of anilines is 1. The van der Waals surface area contributed by atoms with E-state index in [1.807, 2.05) is 39.0 Å². The van der Waals surface area contributed by atoms with Crippen molar-refractivity contribution in [3.05, 3.63) is 82.4 Å². The molecule has 0 fully saturated rings. The number of rotatable bonds is 4. The molecule has 0 unspecified atom stereocenters. The highest BCUT2D eigenvalue weighted by Gasteiger charge is 2.15. The number of hydrogen-bond donors (Lipinski definition) is 1. The minimum atomic E-state index is -0.526. The smallest absolute Gasteiger partial charge is 0.266 e. The van der Waals surface area contributed by atoms with Crippen LogP contribution >= 0.6 is 0 Å². The zero-order valence-electron chi connectivity index (χ0n) is 15.8. The summed E-state index contributed by atoms with van der Waals surface area (Å²) in [7, 11) is 0. The molecule has 0 saturated carbocycles. The second kappa shape index (κ2) is 7.93. The Hall–Kier alpha value is -3.65. The van der Waals surface area contributed by atoms with E-state index in [0.29, 0.717) is 22.8 Å². The number of benzene rings is 2. The molecule has 1 heterocycles. The highest BCUT2D eigenvalue weighted by atomic mass is 19.1. The second-order valence-electron chi connectivity index (χ2n) is 6.58. The first-order valence-electron chi connectivity index (χ1n) is 8.75. The Labute approximate surface area is 162 Å². The number of nitrogens with zero attached hydrogens (tertiary/aromatic N) is 1. The van der Waals surface area contributed by atoms with Crippen LogP contribution in [-0.2, 0) is 4.79 Å². The first-order valence-corrected chi connectivity index (χ1v) is 8.75. The van der Waals surface area contributed by atoms with Crippen LogP contribution in [0.2, 0.25) is 0 Å². The number of aryl methyl sites for hydroxylation is 3. The van der Waals surface area contributed by atoms with Crippen molar-refractivity contribution >= 4 is 17.7 Å². The summed E-state index contributed by atoms with van der Waals surface area (Å²) in [6.45, 7) is 5.79. The summed E-state index contributed by atoms with van der Waals surface area (Å²) < 4.78 is 19.5. The molecule has 3 rings (SSSR count). The number of carbonyl (C=O) groups is 1. The summed E-state index contributed by atoms with van der Waals surface area (Å²) >= 11 is 0. The lowest BCUT2D eigenvalue weighted by atomic mass is 10.0. The fourth-order valence-corrected chi connectivity index (χ4v) is 3.09.